The second-order valence-electron chi connectivity index (χ2n) is 5.89. The third-order valence-electron chi connectivity index (χ3n) is 4.47. The zero-order chi connectivity index (χ0) is 14.8. The minimum atomic E-state index is 0.539. The van der Waals surface area contributed by atoms with E-state index in [-0.39, 0.29) is 0 Å². The van der Waals surface area contributed by atoms with Crippen LogP contribution in [-0.2, 0) is 0 Å². The molecule has 0 spiro atoms. The van der Waals surface area contributed by atoms with Gasteiger partial charge in [0.1, 0.15) is 5.82 Å². The van der Waals surface area contributed by atoms with Gasteiger partial charge in [-0.1, -0.05) is 6.92 Å². The van der Waals surface area contributed by atoms with Crippen LogP contribution >= 0.6 is 0 Å². The molecular formula is C15H24N6. The summed E-state index contributed by atoms with van der Waals surface area (Å²) in [5.41, 5.74) is 0.867. The molecule has 1 fully saturated rings. The number of rotatable bonds is 4. The normalized spacial score (nSPS) is 20.9. The maximum absolute atomic E-state index is 4.57. The molecule has 0 amide bonds. The van der Waals surface area contributed by atoms with E-state index in [1.807, 2.05) is 23.7 Å². The summed E-state index contributed by atoms with van der Waals surface area (Å²) in [5, 5.41) is 12.0. The fourth-order valence-corrected chi connectivity index (χ4v) is 3.25. The van der Waals surface area contributed by atoms with Crippen molar-refractivity contribution in [2.75, 3.05) is 24.5 Å². The molecule has 1 N–H and O–H groups in total. The van der Waals surface area contributed by atoms with Crippen molar-refractivity contribution in [1.29, 1.82) is 0 Å². The fourth-order valence-electron chi connectivity index (χ4n) is 3.25. The Morgan fingerprint density at radius 1 is 1.43 bits per heavy atom. The number of hydrogen-bond donors (Lipinski definition) is 1. The van der Waals surface area contributed by atoms with Crippen molar-refractivity contribution in [3.05, 3.63) is 18.2 Å². The number of anilines is 1. The molecule has 1 aliphatic heterocycles. The van der Waals surface area contributed by atoms with Crippen LogP contribution in [0.3, 0.4) is 0 Å². The number of nitrogens with one attached hydrogen (secondary N) is 1. The highest BCUT2D eigenvalue weighted by molar-refractivity contribution is 5.63. The van der Waals surface area contributed by atoms with Crippen molar-refractivity contribution in [3.63, 3.8) is 0 Å². The Bertz CT molecular complexity index is 607. The number of aryl methyl sites for hydroxylation is 1. The van der Waals surface area contributed by atoms with E-state index in [1.54, 1.807) is 0 Å². The molecule has 6 nitrogen and oxygen atoms in total. The second kappa shape index (κ2) is 5.97. The second-order valence-corrected chi connectivity index (χ2v) is 5.89. The van der Waals surface area contributed by atoms with Crippen LogP contribution in [0.4, 0.5) is 5.82 Å². The van der Waals surface area contributed by atoms with E-state index < -0.39 is 0 Å². The largest absolute Gasteiger partial charge is 0.353 e. The molecule has 21 heavy (non-hydrogen) atoms. The first-order chi connectivity index (χ1) is 10.2. The monoisotopic (exact) mass is 288 g/mol. The summed E-state index contributed by atoms with van der Waals surface area (Å²) in [6.45, 7) is 9.52. The molecule has 0 aromatic carbocycles. The van der Waals surface area contributed by atoms with E-state index >= 15 is 0 Å². The number of fused-ring (bicyclic) bond motifs is 1. The average molecular weight is 288 g/mol. The van der Waals surface area contributed by atoms with Gasteiger partial charge in [0.15, 0.2) is 5.82 Å². The fraction of sp³-hybridized carbons (Fsp3) is 0.667. The number of piperidine rings is 1. The molecule has 1 aliphatic rings. The Morgan fingerprint density at radius 3 is 3.10 bits per heavy atom. The average Bonchev–Trinajstić information content (AvgIpc) is 2.89. The van der Waals surface area contributed by atoms with Crippen LogP contribution in [0, 0.1) is 12.8 Å². The zero-order valence-corrected chi connectivity index (χ0v) is 13.1. The summed E-state index contributed by atoms with van der Waals surface area (Å²) in [7, 11) is 0. The Morgan fingerprint density at radius 2 is 2.29 bits per heavy atom. The van der Waals surface area contributed by atoms with Gasteiger partial charge in [0.2, 0.25) is 5.65 Å². The van der Waals surface area contributed by atoms with E-state index in [9.17, 15) is 0 Å². The Labute approximate surface area is 125 Å². The maximum Gasteiger partial charge on any atom is 0.203 e. The smallest absolute Gasteiger partial charge is 0.203 e. The van der Waals surface area contributed by atoms with Gasteiger partial charge < -0.3 is 10.2 Å². The molecule has 2 atom stereocenters. The third-order valence-corrected chi connectivity index (χ3v) is 4.47. The van der Waals surface area contributed by atoms with Crippen molar-refractivity contribution in [2.24, 2.45) is 5.92 Å². The first-order valence-electron chi connectivity index (χ1n) is 7.85. The number of aromatic nitrogens is 4. The summed E-state index contributed by atoms with van der Waals surface area (Å²) >= 11 is 0. The highest BCUT2D eigenvalue weighted by Crippen LogP contribution is 2.26. The highest BCUT2D eigenvalue weighted by atomic mass is 15.3. The summed E-state index contributed by atoms with van der Waals surface area (Å²) in [6, 6.07) is 0.539. The summed E-state index contributed by atoms with van der Waals surface area (Å²) in [5.74, 6) is 2.53. The first-order valence-corrected chi connectivity index (χ1v) is 7.85. The summed E-state index contributed by atoms with van der Waals surface area (Å²) in [4.78, 5) is 6.93. The molecule has 0 radical (unpaired) electrons. The lowest BCUT2D eigenvalue weighted by Gasteiger charge is -2.36. The Balaban J connectivity index is 1.85. The van der Waals surface area contributed by atoms with Crippen molar-refractivity contribution >= 4 is 11.5 Å². The predicted octanol–water partition coefficient (Wildman–Crippen LogP) is 1.65. The minimum Gasteiger partial charge on any atom is -0.353 e. The quantitative estimate of drug-likeness (QED) is 0.927. The van der Waals surface area contributed by atoms with Crippen LogP contribution in [0.15, 0.2) is 12.4 Å². The molecule has 3 rings (SSSR count). The molecule has 3 heterocycles. The number of hydrogen-bond acceptors (Lipinski definition) is 5. The molecule has 2 aromatic heterocycles. The van der Waals surface area contributed by atoms with Gasteiger partial charge in [0.25, 0.3) is 0 Å². The molecule has 0 bridgehead atoms. The van der Waals surface area contributed by atoms with Crippen LogP contribution in [0.25, 0.3) is 5.65 Å². The minimum absolute atomic E-state index is 0.539. The van der Waals surface area contributed by atoms with Gasteiger partial charge in [0, 0.05) is 31.5 Å². The van der Waals surface area contributed by atoms with Crippen LogP contribution in [0.5, 0.6) is 0 Å². The molecule has 0 saturated carbocycles. The van der Waals surface area contributed by atoms with E-state index in [0.717, 1.165) is 36.9 Å². The van der Waals surface area contributed by atoms with Gasteiger partial charge in [-0.3, -0.25) is 4.40 Å². The van der Waals surface area contributed by atoms with E-state index in [2.05, 4.69) is 39.2 Å². The van der Waals surface area contributed by atoms with Crippen molar-refractivity contribution in [1.82, 2.24) is 24.9 Å². The lowest BCUT2D eigenvalue weighted by Crippen LogP contribution is -2.44. The lowest BCUT2D eigenvalue weighted by atomic mass is 9.91. The highest BCUT2D eigenvalue weighted by Gasteiger charge is 2.26. The zero-order valence-electron chi connectivity index (χ0n) is 13.1. The van der Waals surface area contributed by atoms with Gasteiger partial charge in [-0.25, -0.2) is 4.98 Å². The van der Waals surface area contributed by atoms with Gasteiger partial charge in [-0.2, -0.15) is 0 Å². The van der Waals surface area contributed by atoms with Crippen molar-refractivity contribution < 1.29 is 0 Å². The third kappa shape index (κ3) is 2.72. The van der Waals surface area contributed by atoms with Crippen LogP contribution in [0.2, 0.25) is 0 Å². The maximum atomic E-state index is 4.57. The summed E-state index contributed by atoms with van der Waals surface area (Å²) in [6.07, 6.45) is 6.25. The molecule has 114 valence electrons. The molecule has 2 aromatic rings. The Kier molecular flexibility index (Phi) is 4.05. The van der Waals surface area contributed by atoms with E-state index in [0.29, 0.717) is 12.0 Å². The van der Waals surface area contributed by atoms with Gasteiger partial charge >= 0.3 is 0 Å². The molecule has 2 unspecified atom stereocenters. The first kappa shape index (κ1) is 14.3. The SMILES string of the molecule is CCNC(C)C1CCCN(c2nccn3c(C)nnc23)C1. The topological polar surface area (TPSA) is 58.4 Å². The molecule has 1 saturated heterocycles. The van der Waals surface area contributed by atoms with Crippen LogP contribution in [-0.4, -0.2) is 45.3 Å². The van der Waals surface area contributed by atoms with Gasteiger partial charge in [-0.15, -0.1) is 10.2 Å². The van der Waals surface area contributed by atoms with Crippen molar-refractivity contribution in [3.8, 4) is 0 Å². The predicted molar refractivity (Wildman–Crippen MR) is 83.6 cm³/mol. The van der Waals surface area contributed by atoms with Crippen LogP contribution in [0.1, 0.15) is 32.5 Å². The molecular weight excluding hydrogens is 264 g/mol. The number of nitrogens with zero attached hydrogens (tertiary/aromatic N) is 5. The molecule has 6 heteroatoms. The Hall–Kier alpha value is -1.69. The van der Waals surface area contributed by atoms with Gasteiger partial charge in [0.05, 0.1) is 0 Å². The van der Waals surface area contributed by atoms with E-state index in [1.165, 1.54) is 12.8 Å². The lowest BCUT2D eigenvalue weighted by molar-refractivity contribution is 0.323. The van der Waals surface area contributed by atoms with Crippen LogP contribution < -0.4 is 10.2 Å². The van der Waals surface area contributed by atoms with E-state index in [4.69, 9.17) is 0 Å². The van der Waals surface area contributed by atoms with Crippen molar-refractivity contribution in [2.45, 2.75) is 39.7 Å². The standard InChI is InChI=1S/C15H24N6/c1-4-16-11(2)13-6-5-8-20(10-13)14-15-19-18-12(3)21(15)9-7-17-14/h7,9,11,13,16H,4-6,8,10H2,1-3H3. The van der Waals surface area contributed by atoms with Gasteiger partial charge in [-0.05, 0) is 39.2 Å². The summed E-state index contributed by atoms with van der Waals surface area (Å²) < 4.78 is 2.01. The molecule has 0 aliphatic carbocycles.